The third kappa shape index (κ3) is 3.46. The van der Waals surface area contributed by atoms with E-state index in [-0.39, 0.29) is 11.8 Å². The molecule has 2 amide bonds. The Morgan fingerprint density at radius 3 is 2.30 bits per heavy atom. The summed E-state index contributed by atoms with van der Waals surface area (Å²) in [6.45, 7) is 1.50. The summed E-state index contributed by atoms with van der Waals surface area (Å²) < 4.78 is 0.918. The highest BCUT2D eigenvalue weighted by Crippen LogP contribution is 2.23. The Morgan fingerprint density at radius 1 is 1.15 bits per heavy atom. The molecule has 0 bridgehead atoms. The number of amides is 2. The molecule has 0 aliphatic heterocycles. The number of hydrogen-bond donors (Lipinski definition) is 1. The van der Waals surface area contributed by atoms with Crippen molar-refractivity contribution in [3.8, 4) is 0 Å². The van der Waals surface area contributed by atoms with Crippen molar-refractivity contribution in [1.29, 1.82) is 0 Å². The molecule has 1 heterocycles. The molecule has 2 rings (SSSR count). The van der Waals surface area contributed by atoms with E-state index >= 15 is 0 Å². The van der Waals surface area contributed by atoms with Crippen LogP contribution in [-0.4, -0.2) is 18.9 Å². The van der Waals surface area contributed by atoms with Gasteiger partial charge in [-0.25, -0.2) is 0 Å². The van der Waals surface area contributed by atoms with Gasteiger partial charge in [-0.2, -0.15) is 0 Å². The fourth-order valence-electron chi connectivity index (χ4n) is 1.58. The van der Waals surface area contributed by atoms with Crippen LogP contribution in [0.4, 0.5) is 11.4 Å². The number of rotatable bonds is 3. The summed E-state index contributed by atoms with van der Waals surface area (Å²) in [4.78, 5) is 25.4. The first kappa shape index (κ1) is 14.7. The second-order valence-electron chi connectivity index (χ2n) is 4.18. The van der Waals surface area contributed by atoms with Crippen LogP contribution in [0.1, 0.15) is 16.6 Å². The summed E-state index contributed by atoms with van der Waals surface area (Å²) in [5.74, 6) is -0.182. The number of anilines is 2. The molecule has 1 aromatic carbocycles. The lowest BCUT2D eigenvalue weighted by molar-refractivity contribution is -0.116. The number of carbonyl (C=O) groups excluding carboxylic acids is 2. The largest absolute Gasteiger partial charge is 0.321 e. The lowest BCUT2D eigenvalue weighted by atomic mass is 10.2. The van der Waals surface area contributed by atoms with Gasteiger partial charge in [-0.3, -0.25) is 9.59 Å². The minimum Gasteiger partial charge on any atom is -0.321 e. The number of benzene rings is 1. The Hall–Kier alpha value is -1.66. The van der Waals surface area contributed by atoms with Gasteiger partial charge in [0, 0.05) is 25.3 Å². The van der Waals surface area contributed by atoms with Crippen LogP contribution in [0.5, 0.6) is 0 Å². The van der Waals surface area contributed by atoms with Crippen LogP contribution >= 0.6 is 27.3 Å². The van der Waals surface area contributed by atoms with E-state index in [1.165, 1.54) is 18.3 Å². The molecule has 6 heteroatoms. The van der Waals surface area contributed by atoms with E-state index in [9.17, 15) is 9.59 Å². The maximum absolute atomic E-state index is 12.0. The SMILES string of the molecule is CC(=O)N(C)c1ccc(NC(=O)c2ccc(Br)s2)cc1. The van der Waals surface area contributed by atoms with Gasteiger partial charge in [-0.1, -0.05) is 0 Å². The van der Waals surface area contributed by atoms with Crippen molar-refractivity contribution < 1.29 is 9.59 Å². The second kappa shape index (κ2) is 6.19. The maximum Gasteiger partial charge on any atom is 0.265 e. The minimum atomic E-state index is -0.145. The van der Waals surface area contributed by atoms with Gasteiger partial charge in [0.25, 0.3) is 5.91 Å². The molecule has 0 saturated heterocycles. The topological polar surface area (TPSA) is 49.4 Å². The molecule has 0 saturated carbocycles. The predicted molar refractivity (Wildman–Crippen MR) is 85.5 cm³/mol. The predicted octanol–water partition coefficient (Wildman–Crippen LogP) is 3.75. The van der Waals surface area contributed by atoms with Crippen molar-refractivity contribution in [3.05, 3.63) is 45.1 Å². The van der Waals surface area contributed by atoms with Crippen LogP contribution < -0.4 is 10.2 Å². The van der Waals surface area contributed by atoms with E-state index in [0.29, 0.717) is 10.6 Å². The number of hydrogen-bond acceptors (Lipinski definition) is 3. The Kier molecular flexibility index (Phi) is 4.57. The van der Waals surface area contributed by atoms with E-state index in [1.54, 1.807) is 42.3 Å². The number of nitrogens with one attached hydrogen (secondary N) is 1. The molecule has 0 aliphatic carbocycles. The molecule has 0 aliphatic rings. The number of thiophene rings is 1. The summed E-state index contributed by atoms with van der Waals surface area (Å²) in [6.07, 6.45) is 0. The van der Waals surface area contributed by atoms with E-state index in [4.69, 9.17) is 0 Å². The molecule has 1 N–H and O–H groups in total. The van der Waals surface area contributed by atoms with Crippen molar-refractivity contribution >= 4 is 50.5 Å². The van der Waals surface area contributed by atoms with Crippen molar-refractivity contribution in [2.45, 2.75) is 6.92 Å². The van der Waals surface area contributed by atoms with Gasteiger partial charge in [0.15, 0.2) is 0 Å². The first-order chi connectivity index (χ1) is 9.47. The maximum atomic E-state index is 12.0. The third-order valence-electron chi connectivity index (χ3n) is 2.78. The first-order valence-electron chi connectivity index (χ1n) is 5.88. The van der Waals surface area contributed by atoms with Gasteiger partial charge < -0.3 is 10.2 Å². The number of halogens is 1. The Bertz CT molecular complexity index is 637. The van der Waals surface area contributed by atoms with E-state index in [2.05, 4.69) is 21.2 Å². The molecule has 2 aromatic rings. The molecule has 0 radical (unpaired) electrons. The zero-order valence-corrected chi connectivity index (χ0v) is 13.4. The van der Waals surface area contributed by atoms with E-state index in [1.807, 2.05) is 6.07 Å². The zero-order valence-electron chi connectivity index (χ0n) is 11.0. The fourth-order valence-corrected chi connectivity index (χ4v) is 2.86. The van der Waals surface area contributed by atoms with Crippen LogP contribution in [-0.2, 0) is 4.79 Å². The lowest BCUT2D eigenvalue weighted by Crippen LogP contribution is -2.22. The summed E-state index contributed by atoms with van der Waals surface area (Å²) in [6, 6.07) is 10.7. The van der Waals surface area contributed by atoms with Crippen molar-refractivity contribution in [3.63, 3.8) is 0 Å². The monoisotopic (exact) mass is 352 g/mol. The molecule has 104 valence electrons. The van der Waals surface area contributed by atoms with Crippen LogP contribution in [0.15, 0.2) is 40.2 Å². The fraction of sp³-hybridized carbons (Fsp3) is 0.143. The van der Waals surface area contributed by atoms with Gasteiger partial charge in [0.1, 0.15) is 0 Å². The van der Waals surface area contributed by atoms with Gasteiger partial charge in [0.05, 0.1) is 8.66 Å². The van der Waals surface area contributed by atoms with Crippen LogP contribution in [0, 0.1) is 0 Å². The highest BCUT2D eigenvalue weighted by Gasteiger charge is 2.09. The highest BCUT2D eigenvalue weighted by molar-refractivity contribution is 9.11. The highest BCUT2D eigenvalue weighted by atomic mass is 79.9. The number of carbonyl (C=O) groups is 2. The molecule has 0 fully saturated rings. The van der Waals surface area contributed by atoms with Crippen molar-refractivity contribution in [2.75, 3.05) is 17.3 Å². The lowest BCUT2D eigenvalue weighted by Gasteiger charge is -2.15. The minimum absolute atomic E-state index is 0.0368. The summed E-state index contributed by atoms with van der Waals surface area (Å²) >= 11 is 4.70. The standard InChI is InChI=1S/C14H13BrN2O2S/c1-9(18)17(2)11-5-3-10(4-6-11)16-14(19)12-7-8-13(15)20-12/h3-8H,1-2H3,(H,16,19). The Balaban J connectivity index is 2.07. The molecule has 4 nitrogen and oxygen atoms in total. The molecule has 0 atom stereocenters. The smallest absolute Gasteiger partial charge is 0.265 e. The average molecular weight is 353 g/mol. The Morgan fingerprint density at radius 2 is 1.80 bits per heavy atom. The van der Waals surface area contributed by atoms with Crippen LogP contribution in [0.2, 0.25) is 0 Å². The second-order valence-corrected chi connectivity index (χ2v) is 6.65. The zero-order chi connectivity index (χ0) is 14.7. The Labute approximate surface area is 129 Å². The number of nitrogens with zero attached hydrogens (tertiary/aromatic N) is 1. The summed E-state index contributed by atoms with van der Waals surface area (Å²) in [7, 11) is 1.71. The third-order valence-corrected chi connectivity index (χ3v) is 4.40. The van der Waals surface area contributed by atoms with Crippen molar-refractivity contribution in [2.24, 2.45) is 0 Å². The van der Waals surface area contributed by atoms with E-state index in [0.717, 1.165) is 9.47 Å². The van der Waals surface area contributed by atoms with Gasteiger partial charge in [0.2, 0.25) is 5.91 Å². The van der Waals surface area contributed by atoms with Gasteiger partial charge >= 0.3 is 0 Å². The first-order valence-corrected chi connectivity index (χ1v) is 7.49. The van der Waals surface area contributed by atoms with Gasteiger partial charge in [-0.15, -0.1) is 11.3 Å². The molecule has 20 heavy (non-hydrogen) atoms. The van der Waals surface area contributed by atoms with E-state index < -0.39 is 0 Å². The molecular formula is C14H13BrN2O2S. The molecule has 0 unspecified atom stereocenters. The molecule has 0 spiro atoms. The average Bonchev–Trinajstić information content (AvgIpc) is 2.85. The van der Waals surface area contributed by atoms with Crippen LogP contribution in [0.3, 0.4) is 0 Å². The normalized spacial score (nSPS) is 10.2. The molecule has 1 aromatic heterocycles. The van der Waals surface area contributed by atoms with Gasteiger partial charge in [-0.05, 0) is 52.3 Å². The molecular weight excluding hydrogens is 340 g/mol. The summed E-state index contributed by atoms with van der Waals surface area (Å²) in [5, 5.41) is 2.81. The van der Waals surface area contributed by atoms with Crippen molar-refractivity contribution in [1.82, 2.24) is 0 Å². The quantitative estimate of drug-likeness (QED) is 0.914. The summed E-state index contributed by atoms with van der Waals surface area (Å²) in [5.41, 5.74) is 1.48. The van der Waals surface area contributed by atoms with Crippen LogP contribution in [0.25, 0.3) is 0 Å².